The van der Waals surface area contributed by atoms with Crippen LogP contribution in [0.1, 0.15) is 13.3 Å². The first-order valence-corrected chi connectivity index (χ1v) is 17.7. The topological polar surface area (TPSA) is 15.3 Å². The van der Waals surface area contributed by atoms with Gasteiger partial charge in [0.15, 0.2) is 0 Å². The summed E-state index contributed by atoms with van der Waals surface area (Å²) >= 11 is 3.77. The molecule has 226 valence electrons. The summed E-state index contributed by atoms with van der Waals surface area (Å²) in [5.74, 6) is 0. The third kappa shape index (κ3) is 5.01. The Bertz CT molecular complexity index is 2530. The van der Waals surface area contributed by atoms with E-state index < -0.39 is 0 Å². The number of thiophene rings is 2. The molecule has 1 aliphatic rings. The Balaban J connectivity index is 1.09. The second-order valence-corrected chi connectivity index (χ2v) is 14.7. The fourth-order valence-corrected chi connectivity index (χ4v) is 9.29. The van der Waals surface area contributed by atoms with Gasteiger partial charge >= 0.3 is 0 Å². The smallest absolute Gasteiger partial charge is 0.0649 e. The van der Waals surface area contributed by atoms with Crippen LogP contribution in [0.5, 0.6) is 0 Å². The van der Waals surface area contributed by atoms with Gasteiger partial charge in [-0.3, -0.25) is 0 Å². The van der Waals surface area contributed by atoms with Crippen LogP contribution in [0, 0.1) is 0 Å². The summed E-state index contributed by atoms with van der Waals surface area (Å²) in [5, 5.41) is 8.92. The van der Waals surface area contributed by atoms with E-state index in [2.05, 4.69) is 175 Å². The normalized spacial score (nSPS) is 15.7. The number of rotatable bonds is 6. The van der Waals surface area contributed by atoms with Gasteiger partial charge in [-0.25, -0.2) is 0 Å². The summed E-state index contributed by atoms with van der Waals surface area (Å²) in [6, 6.07) is 52.6. The largest absolute Gasteiger partial charge is 0.356 e. The van der Waals surface area contributed by atoms with Gasteiger partial charge in [0.05, 0.1) is 5.54 Å². The van der Waals surface area contributed by atoms with Crippen molar-refractivity contribution in [2.45, 2.75) is 18.9 Å². The van der Waals surface area contributed by atoms with Crippen molar-refractivity contribution in [3.05, 3.63) is 155 Å². The van der Waals surface area contributed by atoms with Crippen molar-refractivity contribution in [1.29, 1.82) is 0 Å². The molecule has 6 aromatic carbocycles. The molecule has 0 aliphatic heterocycles. The standard InChI is InChI=1S/C43H32N2S2/c1-43(25-24-41-38(28-43)35-14-8-9-15-39(35)46-41)45(33-12-6-3-7-13-33)34-21-22-36-37-26-32(20-23-40(37)47-42(36)27-34)44-31-18-16-30(17-19-31)29-10-4-2-5-11-29/h2-24,26-28,44H,25H2,1H3. The zero-order valence-electron chi connectivity index (χ0n) is 26.0. The van der Waals surface area contributed by atoms with E-state index in [1.165, 1.54) is 62.5 Å². The molecule has 0 fully saturated rings. The lowest BCUT2D eigenvalue weighted by Crippen LogP contribution is -2.46. The highest BCUT2D eigenvalue weighted by atomic mass is 32.1. The molecular weight excluding hydrogens is 609 g/mol. The monoisotopic (exact) mass is 640 g/mol. The average molecular weight is 641 g/mol. The van der Waals surface area contributed by atoms with E-state index in [4.69, 9.17) is 0 Å². The zero-order valence-corrected chi connectivity index (χ0v) is 27.6. The third-order valence-electron chi connectivity index (χ3n) is 9.34. The molecule has 0 amide bonds. The Kier molecular flexibility index (Phi) is 6.74. The molecule has 1 unspecified atom stereocenters. The minimum absolute atomic E-state index is 0.226. The van der Waals surface area contributed by atoms with Gasteiger partial charge in [-0.15, -0.1) is 22.7 Å². The van der Waals surface area contributed by atoms with Gasteiger partial charge in [0.25, 0.3) is 0 Å². The van der Waals surface area contributed by atoms with Gasteiger partial charge in [0.1, 0.15) is 0 Å². The molecule has 1 atom stereocenters. The number of hydrogen-bond donors (Lipinski definition) is 1. The lowest BCUT2D eigenvalue weighted by molar-refractivity contribution is 0.617. The van der Waals surface area contributed by atoms with Crippen LogP contribution in [0.4, 0.5) is 22.7 Å². The van der Waals surface area contributed by atoms with E-state index in [9.17, 15) is 0 Å². The second kappa shape index (κ2) is 11.3. The summed E-state index contributed by atoms with van der Waals surface area (Å²) < 4.78 is 5.33. The predicted octanol–water partition coefficient (Wildman–Crippen LogP) is 11.2. The molecule has 0 bridgehead atoms. The fraction of sp³-hybridized carbons (Fsp3) is 0.0698. The molecule has 0 saturated carbocycles. The van der Waals surface area contributed by atoms with E-state index in [1.54, 1.807) is 0 Å². The van der Waals surface area contributed by atoms with Crippen molar-refractivity contribution >= 4 is 87.8 Å². The number of benzene rings is 6. The van der Waals surface area contributed by atoms with Crippen molar-refractivity contribution in [1.82, 2.24) is 0 Å². The van der Waals surface area contributed by atoms with Crippen LogP contribution >= 0.6 is 22.7 Å². The van der Waals surface area contributed by atoms with E-state index >= 15 is 0 Å². The highest BCUT2D eigenvalue weighted by molar-refractivity contribution is 7.25. The molecule has 0 radical (unpaired) electrons. The predicted molar refractivity (Wildman–Crippen MR) is 206 cm³/mol. The molecule has 4 heteroatoms. The van der Waals surface area contributed by atoms with Crippen LogP contribution in [-0.4, -0.2) is 5.54 Å². The van der Waals surface area contributed by atoms with E-state index in [0.29, 0.717) is 0 Å². The lowest BCUT2D eigenvalue weighted by Gasteiger charge is -2.41. The quantitative estimate of drug-likeness (QED) is 0.195. The van der Waals surface area contributed by atoms with Crippen molar-refractivity contribution in [2.24, 2.45) is 0 Å². The molecule has 1 aliphatic carbocycles. The summed E-state index contributed by atoms with van der Waals surface area (Å²) in [4.78, 5) is 2.54. The highest BCUT2D eigenvalue weighted by Crippen LogP contribution is 2.42. The maximum Gasteiger partial charge on any atom is 0.0649 e. The van der Waals surface area contributed by atoms with Gasteiger partial charge in [-0.2, -0.15) is 0 Å². The van der Waals surface area contributed by atoms with E-state index in [-0.39, 0.29) is 5.54 Å². The van der Waals surface area contributed by atoms with Gasteiger partial charge < -0.3 is 10.2 Å². The maximum atomic E-state index is 3.64. The molecule has 2 aromatic heterocycles. The molecule has 2 nitrogen and oxygen atoms in total. The van der Waals surface area contributed by atoms with Gasteiger partial charge in [0, 0.05) is 57.5 Å². The third-order valence-corrected chi connectivity index (χ3v) is 11.7. The summed E-state index contributed by atoms with van der Waals surface area (Å²) in [6.07, 6.45) is 5.89. The van der Waals surface area contributed by atoms with Crippen LogP contribution < -0.4 is 20.0 Å². The van der Waals surface area contributed by atoms with Crippen LogP contribution in [0.3, 0.4) is 0 Å². The number of nitrogens with one attached hydrogen (secondary N) is 1. The van der Waals surface area contributed by atoms with Gasteiger partial charge in [0.2, 0.25) is 0 Å². The Labute approximate surface area is 282 Å². The van der Waals surface area contributed by atoms with Crippen LogP contribution in [-0.2, 0) is 0 Å². The fourth-order valence-electron chi connectivity index (χ4n) is 7.05. The van der Waals surface area contributed by atoms with E-state index in [1.807, 2.05) is 22.7 Å². The molecule has 0 spiro atoms. The minimum atomic E-state index is -0.226. The molecule has 0 saturated heterocycles. The molecular formula is C43H32N2S2. The van der Waals surface area contributed by atoms with Crippen molar-refractivity contribution in [3.63, 3.8) is 0 Å². The van der Waals surface area contributed by atoms with E-state index in [0.717, 1.165) is 17.8 Å². The Morgan fingerprint density at radius 3 is 2.09 bits per heavy atom. The Morgan fingerprint density at radius 1 is 0.553 bits per heavy atom. The Morgan fingerprint density at radius 2 is 1.26 bits per heavy atom. The molecule has 47 heavy (non-hydrogen) atoms. The van der Waals surface area contributed by atoms with Gasteiger partial charge in [-0.1, -0.05) is 91.0 Å². The number of hydrogen-bond acceptors (Lipinski definition) is 4. The van der Waals surface area contributed by atoms with Crippen LogP contribution in [0.2, 0.25) is 0 Å². The van der Waals surface area contributed by atoms with Crippen molar-refractivity contribution in [3.8, 4) is 11.1 Å². The minimum Gasteiger partial charge on any atom is -0.356 e. The number of fused-ring (bicyclic) bond motifs is 6. The first kappa shape index (κ1) is 28.1. The van der Waals surface area contributed by atoms with Crippen LogP contribution in [0.15, 0.2) is 146 Å². The summed E-state index contributed by atoms with van der Waals surface area (Å²) in [7, 11) is 0. The first-order chi connectivity index (χ1) is 23.1. The SMILES string of the molecule is CC1(N(c2ccccc2)c2ccc3c(c2)sc2ccc(Nc4ccc(-c5ccccc5)cc4)cc23)C=c2c(sc3ccccc23)=CC1. The second-order valence-electron chi connectivity index (χ2n) is 12.5. The average Bonchev–Trinajstić information content (AvgIpc) is 3.66. The summed E-state index contributed by atoms with van der Waals surface area (Å²) in [6.45, 7) is 2.38. The zero-order chi connectivity index (χ0) is 31.4. The first-order valence-electron chi connectivity index (χ1n) is 16.1. The highest BCUT2D eigenvalue weighted by Gasteiger charge is 2.32. The van der Waals surface area contributed by atoms with Crippen molar-refractivity contribution in [2.75, 3.05) is 10.2 Å². The van der Waals surface area contributed by atoms with Crippen LogP contribution in [0.25, 0.3) is 53.5 Å². The molecule has 9 rings (SSSR count). The Hall–Kier alpha value is -5.16. The number of anilines is 4. The molecule has 1 N–H and O–H groups in total. The number of para-hydroxylation sites is 1. The summed E-state index contributed by atoms with van der Waals surface area (Å²) in [5.41, 5.74) is 6.81. The lowest BCUT2D eigenvalue weighted by atomic mass is 9.89. The number of nitrogens with zero attached hydrogens (tertiary/aromatic N) is 1. The molecule has 8 aromatic rings. The molecule has 2 heterocycles. The van der Waals surface area contributed by atoms with Gasteiger partial charge in [-0.05, 0) is 96.4 Å². The maximum absolute atomic E-state index is 3.64. The van der Waals surface area contributed by atoms with Crippen molar-refractivity contribution < 1.29 is 0 Å².